The van der Waals surface area contributed by atoms with Crippen molar-refractivity contribution in [2.45, 2.75) is 6.42 Å². The summed E-state index contributed by atoms with van der Waals surface area (Å²) < 4.78 is 5.48. The number of aromatic nitrogens is 1. The number of pyridine rings is 1. The molecule has 2 aromatic rings. The molecule has 6 heteroatoms. The molecule has 0 aliphatic carbocycles. The molecule has 5 nitrogen and oxygen atoms in total. The fourth-order valence-electron chi connectivity index (χ4n) is 1.58. The molecule has 0 amide bonds. The molecular formula is C14H12ClNO4. The van der Waals surface area contributed by atoms with Crippen molar-refractivity contribution >= 4 is 17.6 Å². The summed E-state index contributed by atoms with van der Waals surface area (Å²) in [5, 5.41) is 17.8. The molecule has 0 spiro atoms. The number of carbonyl (C=O) groups is 1. The number of benzene rings is 1. The SMILES string of the molecule is O=C(O)c1cnc(Oc2ccc(CCO)cc2)c(Cl)c1. The van der Waals surface area contributed by atoms with Crippen molar-refractivity contribution in [3.8, 4) is 11.6 Å². The zero-order valence-corrected chi connectivity index (χ0v) is 11.2. The lowest BCUT2D eigenvalue weighted by Crippen LogP contribution is -1.98. The summed E-state index contributed by atoms with van der Waals surface area (Å²) in [6.45, 7) is 0.0875. The summed E-state index contributed by atoms with van der Waals surface area (Å²) >= 11 is 5.92. The van der Waals surface area contributed by atoms with Gasteiger partial charge in [-0.3, -0.25) is 0 Å². The number of nitrogens with zero attached hydrogens (tertiary/aromatic N) is 1. The van der Waals surface area contributed by atoms with Crippen LogP contribution in [-0.2, 0) is 6.42 Å². The molecule has 1 aromatic heterocycles. The Balaban J connectivity index is 2.15. The molecule has 2 N–H and O–H groups in total. The molecule has 0 radical (unpaired) electrons. The second-order valence-corrected chi connectivity index (χ2v) is 4.44. The number of hydrogen-bond donors (Lipinski definition) is 2. The van der Waals surface area contributed by atoms with Crippen molar-refractivity contribution in [3.05, 3.63) is 52.7 Å². The smallest absolute Gasteiger partial charge is 0.337 e. The van der Waals surface area contributed by atoms with Gasteiger partial charge in [-0.25, -0.2) is 9.78 Å². The molecule has 1 heterocycles. The van der Waals surface area contributed by atoms with Gasteiger partial charge in [-0.1, -0.05) is 23.7 Å². The lowest BCUT2D eigenvalue weighted by Gasteiger charge is -2.07. The summed E-state index contributed by atoms with van der Waals surface area (Å²) in [6, 6.07) is 8.39. The zero-order chi connectivity index (χ0) is 14.5. The van der Waals surface area contributed by atoms with E-state index in [1.165, 1.54) is 12.3 Å². The summed E-state index contributed by atoms with van der Waals surface area (Å²) in [6.07, 6.45) is 1.76. The zero-order valence-electron chi connectivity index (χ0n) is 10.4. The molecular weight excluding hydrogens is 282 g/mol. The van der Waals surface area contributed by atoms with Crippen LogP contribution in [0, 0.1) is 0 Å². The van der Waals surface area contributed by atoms with Gasteiger partial charge >= 0.3 is 5.97 Å². The number of aliphatic hydroxyl groups excluding tert-OH is 1. The lowest BCUT2D eigenvalue weighted by molar-refractivity contribution is 0.0696. The molecule has 1 aromatic carbocycles. The highest BCUT2D eigenvalue weighted by atomic mass is 35.5. The van der Waals surface area contributed by atoms with E-state index >= 15 is 0 Å². The van der Waals surface area contributed by atoms with Crippen molar-refractivity contribution in [1.82, 2.24) is 4.98 Å². The topological polar surface area (TPSA) is 79.7 Å². The molecule has 0 atom stereocenters. The van der Waals surface area contributed by atoms with E-state index in [-0.39, 0.29) is 23.1 Å². The van der Waals surface area contributed by atoms with Crippen molar-refractivity contribution in [1.29, 1.82) is 0 Å². The molecule has 0 fully saturated rings. The lowest BCUT2D eigenvalue weighted by atomic mass is 10.1. The van der Waals surface area contributed by atoms with E-state index in [9.17, 15) is 4.79 Å². The Morgan fingerprint density at radius 2 is 2.00 bits per heavy atom. The number of hydrogen-bond acceptors (Lipinski definition) is 4. The van der Waals surface area contributed by atoms with Crippen LogP contribution in [-0.4, -0.2) is 27.8 Å². The Bertz CT molecular complexity index is 613. The Morgan fingerprint density at radius 3 is 2.55 bits per heavy atom. The number of ether oxygens (including phenoxy) is 1. The van der Waals surface area contributed by atoms with Crippen molar-refractivity contribution in [2.24, 2.45) is 0 Å². The first kappa shape index (κ1) is 14.3. The van der Waals surface area contributed by atoms with Crippen molar-refractivity contribution in [2.75, 3.05) is 6.61 Å². The molecule has 0 aliphatic rings. The number of aromatic carboxylic acids is 1. The van der Waals surface area contributed by atoms with Gasteiger partial charge in [0.15, 0.2) is 0 Å². The van der Waals surface area contributed by atoms with Crippen molar-refractivity contribution < 1.29 is 19.7 Å². The van der Waals surface area contributed by atoms with Crippen LogP contribution < -0.4 is 4.74 Å². The summed E-state index contributed by atoms with van der Waals surface area (Å²) in [5.41, 5.74) is 0.987. The van der Waals surface area contributed by atoms with Crippen LogP contribution in [0.3, 0.4) is 0 Å². The van der Waals surface area contributed by atoms with E-state index in [4.69, 9.17) is 26.6 Å². The second-order valence-electron chi connectivity index (χ2n) is 4.04. The minimum Gasteiger partial charge on any atom is -0.478 e. The van der Waals surface area contributed by atoms with Crippen molar-refractivity contribution in [3.63, 3.8) is 0 Å². The Kier molecular flexibility index (Phi) is 4.55. The van der Waals surface area contributed by atoms with Gasteiger partial charge in [-0.15, -0.1) is 0 Å². The van der Waals surface area contributed by atoms with E-state index in [2.05, 4.69) is 4.98 Å². The largest absolute Gasteiger partial charge is 0.478 e. The Morgan fingerprint density at radius 1 is 1.30 bits per heavy atom. The number of halogens is 1. The summed E-state index contributed by atoms with van der Waals surface area (Å²) in [7, 11) is 0. The number of rotatable bonds is 5. The molecule has 2 rings (SSSR count). The third-order valence-corrected chi connectivity index (χ3v) is 2.86. The van der Waals surface area contributed by atoms with Crippen LogP contribution in [0.5, 0.6) is 11.6 Å². The monoisotopic (exact) mass is 293 g/mol. The molecule has 0 bridgehead atoms. The molecule has 0 saturated carbocycles. The van der Waals surface area contributed by atoms with E-state index in [0.29, 0.717) is 12.2 Å². The maximum atomic E-state index is 10.8. The van der Waals surface area contributed by atoms with E-state index in [0.717, 1.165) is 5.56 Å². The van der Waals surface area contributed by atoms with Gasteiger partial charge in [0.1, 0.15) is 10.8 Å². The van der Waals surface area contributed by atoms with Crippen LogP contribution >= 0.6 is 11.6 Å². The minimum atomic E-state index is -1.10. The highest BCUT2D eigenvalue weighted by Crippen LogP contribution is 2.27. The van der Waals surface area contributed by atoms with E-state index in [1.807, 2.05) is 12.1 Å². The number of carboxylic acids is 1. The third-order valence-electron chi connectivity index (χ3n) is 2.59. The average molecular weight is 294 g/mol. The molecule has 0 saturated heterocycles. The van der Waals surface area contributed by atoms with Crippen LogP contribution in [0.1, 0.15) is 15.9 Å². The van der Waals surface area contributed by atoms with Gasteiger partial charge in [0, 0.05) is 12.8 Å². The first-order chi connectivity index (χ1) is 9.60. The number of carboxylic acid groups (broad SMARTS) is 1. The molecule has 20 heavy (non-hydrogen) atoms. The predicted octanol–water partition coefficient (Wildman–Crippen LogP) is 2.76. The summed E-state index contributed by atoms with van der Waals surface area (Å²) in [4.78, 5) is 14.6. The molecule has 0 aliphatic heterocycles. The van der Waals surface area contributed by atoms with Crippen LogP contribution in [0.2, 0.25) is 5.02 Å². The van der Waals surface area contributed by atoms with E-state index < -0.39 is 5.97 Å². The maximum Gasteiger partial charge on any atom is 0.337 e. The second kappa shape index (κ2) is 6.36. The Hall–Kier alpha value is -2.11. The Labute approximate surface area is 120 Å². The molecule has 0 unspecified atom stereocenters. The van der Waals surface area contributed by atoms with Gasteiger partial charge in [0.25, 0.3) is 0 Å². The minimum absolute atomic E-state index is 0.000596. The van der Waals surface area contributed by atoms with Crippen LogP contribution in [0.25, 0.3) is 0 Å². The van der Waals surface area contributed by atoms with Gasteiger partial charge in [-0.2, -0.15) is 0 Å². The fraction of sp³-hybridized carbons (Fsp3) is 0.143. The number of aliphatic hydroxyl groups is 1. The van der Waals surface area contributed by atoms with E-state index in [1.54, 1.807) is 12.1 Å². The highest BCUT2D eigenvalue weighted by Gasteiger charge is 2.10. The third kappa shape index (κ3) is 3.46. The predicted molar refractivity (Wildman–Crippen MR) is 73.5 cm³/mol. The standard InChI is InChI=1S/C14H12ClNO4/c15-12-7-10(14(18)19)8-16-13(12)20-11-3-1-9(2-4-11)5-6-17/h1-4,7-8,17H,5-6H2,(H,18,19). The normalized spacial score (nSPS) is 10.3. The van der Waals surface area contributed by atoms with Gasteiger partial charge < -0.3 is 14.9 Å². The van der Waals surface area contributed by atoms with Gasteiger partial charge in [-0.05, 0) is 30.2 Å². The highest BCUT2D eigenvalue weighted by molar-refractivity contribution is 6.32. The first-order valence-electron chi connectivity index (χ1n) is 5.86. The fourth-order valence-corrected chi connectivity index (χ4v) is 1.79. The quantitative estimate of drug-likeness (QED) is 0.886. The van der Waals surface area contributed by atoms with Gasteiger partial charge in [0.2, 0.25) is 5.88 Å². The van der Waals surface area contributed by atoms with Gasteiger partial charge in [0.05, 0.1) is 5.56 Å². The molecule has 104 valence electrons. The maximum absolute atomic E-state index is 10.8. The average Bonchev–Trinajstić information content (AvgIpc) is 2.43. The van der Waals surface area contributed by atoms with Crippen LogP contribution in [0.15, 0.2) is 36.5 Å². The summed E-state index contributed by atoms with van der Waals surface area (Å²) in [5.74, 6) is -0.421. The van der Waals surface area contributed by atoms with Crippen LogP contribution in [0.4, 0.5) is 0 Å². The first-order valence-corrected chi connectivity index (χ1v) is 6.24.